The molecular weight excluding hydrogens is 403 g/mol. The van der Waals surface area contributed by atoms with Gasteiger partial charge in [-0.1, -0.05) is 28.4 Å². The van der Waals surface area contributed by atoms with Gasteiger partial charge in [-0.15, -0.1) is 0 Å². The van der Waals surface area contributed by atoms with Crippen molar-refractivity contribution in [3.05, 3.63) is 45.8 Å². The number of benzene rings is 1. The fourth-order valence-corrected chi connectivity index (χ4v) is 3.48. The summed E-state index contributed by atoms with van der Waals surface area (Å²) in [6.45, 7) is 4.00. The molecule has 1 aromatic carbocycles. The van der Waals surface area contributed by atoms with Crippen LogP contribution in [0.2, 0.25) is 10.0 Å². The Bertz CT molecular complexity index is 847. The second-order valence-electron chi connectivity index (χ2n) is 6.81. The topological polar surface area (TPSA) is 87.5 Å². The van der Waals surface area contributed by atoms with Crippen LogP contribution in [-0.4, -0.2) is 47.5 Å². The van der Waals surface area contributed by atoms with Gasteiger partial charge in [0.2, 0.25) is 5.91 Å². The van der Waals surface area contributed by atoms with E-state index in [0.29, 0.717) is 40.0 Å². The van der Waals surface area contributed by atoms with E-state index in [9.17, 15) is 9.59 Å². The molecule has 150 valence electrons. The number of carbonyl (C=O) groups excluding carboxylic acids is 2. The molecule has 1 saturated heterocycles. The van der Waals surface area contributed by atoms with Crippen LogP contribution in [0.15, 0.2) is 28.9 Å². The minimum Gasteiger partial charge on any atom is -0.361 e. The number of aromatic nitrogens is 1. The molecule has 1 aliphatic rings. The first kappa shape index (κ1) is 20.6. The molecule has 2 amide bonds. The summed E-state index contributed by atoms with van der Waals surface area (Å²) < 4.78 is 4.93. The Labute approximate surface area is 173 Å². The summed E-state index contributed by atoms with van der Waals surface area (Å²) in [4.78, 5) is 26.6. The Balaban J connectivity index is 1.39. The van der Waals surface area contributed by atoms with Crippen LogP contribution in [0, 0.1) is 6.92 Å². The zero-order valence-corrected chi connectivity index (χ0v) is 17.0. The van der Waals surface area contributed by atoms with Crippen molar-refractivity contribution in [3.8, 4) is 0 Å². The Kier molecular flexibility index (Phi) is 6.93. The summed E-state index contributed by atoms with van der Waals surface area (Å²) in [6.07, 6.45) is 3.46. The van der Waals surface area contributed by atoms with Gasteiger partial charge in [0.15, 0.2) is 0 Å². The number of hydrogen-bond acceptors (Lipinski definition) is 5. The molecule has 0 unspecified atom stereocenters. The van der Waals surface area contributed by atoms with Crippen LogP contribution in [0.3, 0.4) is 0 Å². The van der Waals surface area contributed by atoms with Crippen molar-refractivity contribution in [1.29, 1.82) is 0 Å². The summed E-state index contributed by atoms with van der Waals surface area (Å²) in [6, 6.07) is 5.07. The van der Waals surface area contributed by atoms with Crippen LogP contribution in [0.5, 0.6) is 0 Å². The molecule has 28 heavy (non-hydrogen) atoms. The molecule has 0 radical (unpaired) electrons. The number of nitrogens with zero attached hydrogens (tertiary/aromatic N) is 2. The first-order valence-corrected chi connectivity index (χ1v) is 9.87. The normalized spacial score (nSPS) is 15.4. The lowest BCUT2D eigenvalue weighted by Gasteiger charge is -2.32. The molecule has 0 spiro atoms. The predicted molar refractivity (Wildman–Crippen MR) is 108 cm³/mol. The lowest BCUT2D eigenvalue weighted by atomic mass is 10.0. The summed E-state index contributed by atoms with van der Waals surface area (Å²) >= 11 is 12.0. The lowest BCUT2D eigenvalue weighted by Crippen LogP contribution is -2.45. The number of amides is 2. The van der Waals surface area contributed by atoms with Gasteiger partial charge in [-0.3, -0.25) is 9.59 Å². The largest absolute Gasteiger partial charge is 0.361 e. The van der Waals surface area contributed by atoms with Crippen molar-refractivity contribution in [2.24, 2.45) is 0 Å². The van der Waals surface area contributed by atoms with Gasteiger partial charge in [0, 0.05) is 37.1 Å². The first-order chi connectivity index (χ1) is 13.4. The van der Waals surface area contributed by atoms with Gasteiger partial charge in [0.1, 0.15) is 11.3 Å². The van der Waals surface area contributed by atoms with Crippen LogP contribution < -0.4 is 10.6 Å². The number of halogens is 2. The molecule has 1 aliphatic heterocycles. The van der Waals surface area contributed by atoms with Crippen LogP contribution in [0.1, 0.15) is 35.4 Å². The van der Waals surface area contributed by atoms with E-state index in [1.54, 1.807) is 25.1 Å². The highest BCUT2D eigenvalue weighted by Crippen LogP contribution is 2.25. The van der Waals surface area contributed by atoms with Crippen LogP contribution in [0.25, 0.3) is 0 Å². The number of nitrogens with one attached hydrogen (secondary N) is 2. The summed E-state index contributed by atoms with van der Waals surface area (Å²) in [7, 11) is 0. The van der Waals surface area contributed by atoms with Crippen molar-refractivity contribution in [2.45, 2.75) is 32.2 Å². The second-order valence-corrected chi connectivity index (χ2v) is 7.65. The highest BCUT2D eigenvalue weighted by atomic mass is 35.5. The van der Waals surface area contributed by atoms with E-state index < -0.39 is 0 Å². The Morgan fingerprint density at radius 2 is 2.04 bits per heavy atom. The predicted octanol–water partition coefficient (Wildman–Crippen LogP) is 3.51. The van der Waals surface area contributed by atoms with E-state index >= 15 is 0 Å². The molecule has 3 rings (SSSR count). The van der Waals surface area contributed by atoms with E-state index in [-0.39, 0.29) is 17.9 Å². The van der Waals surface area contributed by atoms with E-state index in [4.69, 9.17) is 27.7 Å². The molecule has 2 heterocycles. The standard InChI is InChI=1S/C19H22Cl2N4O3/c1-12-15(11-22-28-12)19(27)23-14-4-7-25(8-5-14)9-6-18(26)24-17-10-13(20)2-3-16(17)21/h2-3,10-11,14H,4-9H2,1H3,(H,23,27)(H,24,26). The molecule has 0 aliphatic carbocycles. The average Bonchev–Trinajstić information content (AvgIpc) is 3.10. The highest BCUT2D eigenvalue weighted by Gasteiger charge is 2.23. The second kappa shape index (κ2) is 9.41. The molecule has 7 nitrogen and oxygen atoms in total. The fourth-order valence-electron chi connectivity index (χ4n) is 3.15. The minimum atomic E-state index is -0.157. The van der Waals surface area contributed by atoms with E-state index in [2.05, 4.69) is 20.7 Å². The third-order valence-electron chi connectivity index (χ3n) is 4.78. The van der Waals surface area contributed by atoms with Gasteiger partial charge in [0.05, 0.1) is 16.9 Å². The van der Waals surface area contributed by atoms with Crippen LogP contribution in [0.4, 0.5) is 5.69 Å². The zero-order chi connectivity index (χ0) is 20.1. The number of hydrogen-bond donors (Lipinski definition) is 2. The van der Waals surface area contributed by atoms with E-state index in [1.807, 2.05) is 0 Å². The van der Waals surface area contributed by atoms with Gasteiger partial charge in [-0.2, -0.15) is 0 Å². The van der Waals surface area contributed by atoms with E-state index in [1.165, 1.54) is 6.20 Å². The Morgan fingerprint density at radius 3 is 2.71 bits per heavy atom. The van der Waals surface area contributed by atoms with Crippen LogP contribution >= 0.6 is 23.2 Å². The number of anilines is 1. The number of likely N-dealkylation sites (tertiary alicyclic amines) is 1. The van der Waals surface area contributed by atoms with E-state index in [0.717, 1.165) is 25.9 Å². The molecule has 1 aromatic heterocycles. The monoisotopic (exact) mass is 424 g/mol. The lowest BCUT2D eigenvalue weighted by molar-refractivity contribution is -0.116. The summed E-state index contributed by atoms with van der Waals surface area (Å²) in [5.41, 5.74) is 0.989. The van der Waals surface area contributed by atoms with Gasteiger partial charge in [-0.25, -0.2) is 0 Å². The maximum atomic E-state index is 12.2. The maximum absolute atomic E-state index is 12.2. The number of piperidine rings is 1. The Morgan fingerprint density at radius 1 is 1.29 bits per heavy atom. The SMILES string of the molecule is Cc1oncc1C(=O)NC1CCN(CCC(=O)Nc2cc(Cl)ccc2Cl)CC1. The number of aryl methyl sites for hydroxylation is 1. The number of rotatable bonds is 6. The molecule has 0 atom stereocenters. The minimum absolute atomic E-state index is 0.108. The summed E-state index contributed by atoms with van der Waals surface area (Å²) in [5.74, 6) is 0.248. The smallest absolute Gasteiger partial charge is 0.256 e. The molecule has 0 saturated carbocycles. The molecule has 2 N–H and O–H groups in total. The van der Waals surface area contributed by atoms with Gasteiger partial charge >= 0.3 is 0 Å². The van der Waals surface area contributed by atoms with Gasteiger partial charge in [-0.05, 0) is 38.0 Å². The van der Waals surface area contributed by atoms with Crippen molar-refractivity contribution < 1.29 is 14.1 Å². The third kappa shape index (κ3) is 5.47. The van der Waals surface area contributed by atoms with Gasteiger partial charge in [0.25, 0.3) is 5.91 Å². The average molecular weight is 425 g/mol. The van der Waals surface area contributed by atoms with Gasteiger partial charge < -0.3 is 20.1 Å². The molecule has 9 heteroatoms. The first-order valence-electron chi connectivity index (χ1n) is 9.12. The van der Waals surface area contributed by atoms with Crippen molar-refractivity contribution in [3.63, 3.8) is 0 Å². The molecular formula is C19H22Cl2N4O3. The zero-order valence-electron chi connectivity index (χ0n) is 15.5. The Hall–Kier alpha value is -2.09. The van der Waals surface area contributed by atoms with Crippen molar-refractivity contribution >= 4 is 40.7 Å². The quantitative estimate of drug-likeness (QED) is 0.740. The molecule has 0 bridgehead atoms. The summed E-state index contributed by atoms with van der Waals surface area (Å²) in [5, 5.41) is 10.4. The van der Waals surface area contributed by atoms with Crippen LogP contribution in [-0.2, 0) is 4.79 Å². The highest BCUT2D eigenvalue weighted by molar-refractivity contribution is 6.35. The fraction of sp³-hybridized carbons (Fsp3) is 0.421. The molecule has 2 aromatic rings. The number of carbonyl (C=O) groups is 2. The maximum Gasteiger partial charge on any atom is 0.256 e. The molecule has 1 fully saturated rings. The van der Waals surface area contributed by atoms with Crippen molar-refractivity contribution in [1.82, 2.24) is 15.4 Å². The van der Waals surface area contributed by atoms with Crippen molar-refractivity contribution in [2.75, 3.05) is 25.0 Å². The third-order valence-corrected chi connectivity index (χ3v) is 5.34.